The van der Waals surface area contributed by atoms with E-state index in [1.54, 1.807) is 4.68 Å². The fourth-order valence-electron chi connectivity index (χ4n) is 2.71. The van der Waals surface area contributed by atoms with Crippen LogP contribution in [0.4, 0.5) is 0 Å². The lowest BCUT2D eigenvalue weighted by Crippen LogP contribution is -2.23. The van der Waals surface area contributed by atoms with Crippen LogP contribution in [0.25, 0.3) is 5.69 Å². The molecule has 6 heteroatoms. The molecule has 0 radical (unpaired) electrons. The van der Waals surface area contributed by atoms with Gasteiger partial charge in [-0.05, 0) is 54.3 Å². The molecule has 1 aliphatic rings. The van der Waals surface area contributed by atoms with Gasteiger partial charge in [0.25, 0.3) is 0 Å². The number of aliphatic hydroxyl groups excluding tert-OH is 1. The van der Waals surface area contributed by atoms with Crippen LogP contribution in [0.15, 0.2) is 30.3 Å². The van der Waals surface area contributed by atoms with Crippen molar-refractivity contribution in [1.82, 2.24) is 25.5 Å². The Kier molecular flexibility index (Phi) is 4.03. The number of nitrogens with one attached hydrogen (secondary N) is 1. The van der Waals surface area contributed by atoms with Crippen LogP contribution in [-0.4, -0.2) is 38.0 Å². The quantitative estimate of drug-likeness (QED) is 0.847. The van der Waals surface area contributed by atoms with Gasteiger partial charge in [-0.25, -0.2) is 0 Å². The van der Waals surface area contributed by atoms with Crippen molar-refractivity contribution in [2.75, 3.05) is 6.54 Å². The summed E-state index contributed by atoms with van der Waals surface area (Å²) in [6, 6.07) is 9.86. The summed E-state index contributed by atoms with van der Waals surface area (Å²) >= 11 is 0. The second-order valence-corrected chi connectivity index (χ2v) is 5.31. The summed E-state index contributed by atoms with van der Waals surface area (Å²) in [5, 5.41) is 24.7. The molecule has 2 aromatic rings. The molecule has 6 nitrogen and oxygen atoms in total. The average Bonchev–Trinajstić information content (AvgIpc) is 3.09. The van der Waals surface area contributed by atoms with Gasteiger partial charge in [-0.3, -0.25) is 0 Å². The number of para-hydroxylation sites is 1. The van der Waals surface area contributed by atoms with E-state index in [1.807, 2.05) is 30.3 Å². The highest BCUT2D eigenvalue weighted by Crippen LogP contribution is 2.24. The molecule has 2 atom stereocenters. The fourth-order valence-corrected chi connectivity index (χ4v) is 2.71. The summed E-state index contributed by atoms with van der Waals surface area (Å²) < 4.78 is 1.75. The Bertz CT molecular complexity index is 542. The van der Waals surface area contributed by atoms with Gasteiger partial charge in [-0.1, -0.05) is 18.2 Å². The van der Waals surface area contributed by atoms with Crippen molar-refractivity contribution in [1.29, 1.82) is 0 Å². The van der Waals surface area contributed by atoms with Crippen molar-refractivity contribution >= 4 is 0 Å². The topological polar surface area (TPSA) is 75.9 Å². The van der Waals surface area contributed by atoms with Crippen LogP contribution in [0.1, 0.15) is 25.1 Å². The van der Waals surface area contributed by atoms with Crippen LogP contribution in [0.5, 0.6) is 0 Å². The molecule has 1 heterocycles. The normalized spacial score (nSPS) is 22.2. The molecule has 106 valence electrons. The van der Waals surface area contributed by atoms with Crippen LogP contribution in [0, 0.1) is 5.92 Å². The molecule has 1 saturated carbocycles. The lowest BCUT2D eigenvalue weighted by Gasteiger charge is -2.10. The van der Waals surface area contributed by atoms with Gasteiger partial charge in [-0.2, -0.15) is 4.68 Å². The number of tetrazole rings is 1. The fraction of sp³-hybridized carbons (Fsp3) is 0.500. The molecule has 0 spiro atoms. The predicted octanol–water partition coefficient (Wildman–Crippen LogP) is 0.913. The Balaban J connectivity index is 1.57. The van der Waals surface area contributed by atoms with Gasteiger partial charge >= 0.3 is 0 Å². The standard InChI is InChI=1S/C14H19N5O/c20-13-7-6-11(8-13)9-15-10-14-16-17-18-19(14)12-4-2-1-3-5-12/h1-5,11,13,15,20H,6-10H2. The molecule has 2 N–H and O–H groups in total. The van der Waals surface area contributed by atoms with E-state index < -0.39 is 0 Å². The molecule has 20 heavy (non-hydrogen) atoms. The molecule has 0 saturated heterocycles. The Morgan fingerprint density at radius 2 is 2.10 bits per heavy atom. The van der Waals surface area contributed by atoms with E-state index in [9.17, 15) is 5.11 Å². The first-order chi connectivity index (χ1) is 9.83. The average molecular weight is 273 g/mol. The minimum atomic E-state index is -0.114. The molecule has 0 amide bonds. The summed E-state index contributed by atoms with van der Waals surface area (Å²) in [7, 11) is 0. The SMILES string of the molecule is OC1CCC(CNCc2nnnn2-c2ccccc2)C1. The molecule has 0 aliphatic heterocycles. The Morgan fingerprint density at radius 1 is 1.25 bits per heavy atom. The van der Waals surface area contributed by atoms with E-state index in [0.717, 1.165) is 37.3 Å². The smallest absolute Gasteiger partial charge is 0.170 e. The van der Waals surface area contributed by atoms with Gasteiger partial charge in [0.15, 0.2) is 5.82 Å². The lowest BCUT2D eigenvalue weighted by atomic mass is 10.1. The summed E-state index contributed by atoms with van der Waals surface area (Å²) in [6.45, 7) is 1.53. The van der Waals surface area contributed by atoms with E-state index >= 15 is 0 Å². The first-order valence-corrected chi connectivity index (χ1v) is 7.04. The van der Waals surface area contributed by atoms with Gasteiger partial charge < -0.3 is 10.4 Å². The maximum Gasteiger partial charge on any atom is 0.170 e. The summed E-state index contributed by atoms with van der Waals surface area (Å²) in [5.74, 6) is 1.36. The van der Waals surface area contributed by atoms with E-state index in [-0.39, 0.29) is 6.10 Å². The largest absolute Gasteiger partial charge is 0.393 e. The van der Waals surface area contributed by atoms with Crippen LogP contribution >= 0.6 is 0 Å². The third kappa shape index (κ3) is 3.02. The van der Waals surface area contributed by atoms with Crippen molar-refractivity contribution in [3.05, 3.63) is 36.2 Å². The van der Waals surface area contributed by atoms with E-state index in [2.05, 4.69) is 20.8 Å². The lowest BCUT2D eigenvalue weighted by molar-refractivity contribution is 0.177. The molecule has 2 unspecified atom stereocenters. The van der Waals surface area contributed by atoms with Crippen molar-refractivity contribution < 1.29 is 5.11 Å². The minimum Gasteiger partial charge on any atom is -0.393 e. The third-order valence-electron chi connectivity index (χ3n) is 3.76. The zero-order valence-corrected chi connectivity index (χ0v) is 11.3. The summed E-state index contributed by atoms with van der Waals surface area (Å²) in [6.07, 6.45) is 2.80. The molecular formula is C14H19N5O. The summed E-state index contributed by atoms with van der Waals surface area (Å²) in [5.41, 5.74) is 0.964. The first kappa shape index (κ1) is 13.2. The Hall–Kier alpha value is -1.79. The highest BCUT2D eigenvalue weighted by atomic mass is 16.3. The Labute approximate surface area is 117 Å². The number of benzene rings is 1. The second-order valence-electron chi connectivity index (χ2n) is 5.31. The molecule has 1 aromatic carbocycles. The van der Waals surface area contributed by atoms with Gasteiger partial charge in [0.05, 0.1) is 18.3 Å². The van der Waals surface area contributed by atoms with E-state index in [0.29, 0.717) is 12.5 Å². The second kappa shape index (κ2) is 6.11. The first-order valence-electron chi connectivity index (χ1n) is 7.04. The zero-order chi connectivity index (χ0) is 13.8. The molecular weight excluding hydrogens is 254 g/mol. The van der Waals surface area contributed by atoms with Crippen LogP contribution in [0.2, 0.25) is 0 Å². The number of aromatic nitrogens is 4. The maximum absolute atomic E-state index is 9.51. The molecule has 1 aromatic heterocycles. The van der Waals surface area contributed by atoms with Crippen molar-refractivity contribution in [2.45, 2.75) is 31.9 Å². The highest BCUT2D eigenvalue weighted by molar-refractivity contribution is 5.30. The van der Waals surface area contributed by atoms with E-state index in [4.69, 9.17) is 0 Å². The van der Waals surface area contributed by atoms with E-state index in [1.165, 1.54) is 0 Å². The minimum absolute atomic E-state index is 0.114. The molecule has 0 bridgehead atoms. The van der Waals surface area contributed by atoms with Crippen LogP contribution < -0.4 is 5.32 Å². The molecule has 1 aliphatic carbocycles. The zero-order valence-electron chi connectivity index (χ0n) is 11.3. The van der Waals surface area contributed by atoms with Crippen LogP contribution in [0.3, 0.4) is 0 Å². The number of nitrogens with zero attached hydrogens (tertiary/aromatic N) is 4. The number of hydrogen-bond acceptors (Lipinski definition) is 5. The summed E-state index contributed by atoms with van der Waals surface area (Å²) in [4.78, 5) is 0. The van der Waals surface area contributed by atoms with Crippen molar-refractivity contribution in [2.24, 2.45) is 5.92 Å². The number of aliphatic hydroxyl groups is 1. The monoisotopic (exact) mass is 273 g/mol. The highest BCUT2D eigenvalue weighted by Gasteiger charge is 2.22. The predicted molar refractivity (Wildman–Crippen MR) is 74.2 cm³/mol. The van der Waals surface area contributed by atoms with Gasteiger partial charge in [0.2, 0.25) is 0 Å². The van der Waals surface area contributed by atoms with Gasteiger partial charge in [0.1, 0.15) is 0 Å². The Morgan fingerprint density at radius 3 is 2.85 bits per heavy atom. The maximum atomic E-state index is 9.51. The number of rotatable bonds is 5. The van der Waals surface area contributed by atoms with Gasteiger partial charge in [0, 0.05) is 0 Å². The number of hydrogen-bond donors (Lipinski definition) is 2. The third-order valence-corrected chi connectivity index (χ3v) is 3.76. The van der Waals surface area contributed by atoms with Crippen molar-refractivity contribution in [3.63, 3.8) is 0 Å². The molecule has 3 rings (SSSR count). The molecule has 1 fully saturated rings. The van der Waals surface area contributed by atoms with Gasteiger partial charge in [-0.15, -0.1) is 5.10 Å². The van der Waals surface area contributed by atoms with Crippen molar-refractivity contribution in [3.8, 4) is 5.69 Å². The van der Waals surface area contributed by atoms with Crippen LogP contribution in [-0.2, 0) is 6.54 Å².